The van der Waals surface area contributed by atoms with E-state index in [0.717, 1.165) is 46.0 Å². The number of aromatic nitrogens is 4. The van der Waals surface area contributed by atoms with Crippen LogP contribution in [0.15, 0.2) is 127 Å². The Morgan fingerprint density at radius 3 is 1.89 bits per heavy atom. The van der Waals surface area contributed by atoms with Crippen LogP contribution >= 0.6 is 0 Å². The van der Waals surface area contributed by atoms with Crippen molar-refractivity contribution in [1.82, 2.24) is 19.1 Å². The van der Waals surface area contributed by atoms with Gasteiger partial charge >= 0.3 is 0 Å². The number of nitrogens with zero attached hydrogens (tertiary/aromatic N) is 4. The van der Waals surface area contributed by atoms with E-state index in [-0.39, 0.29) is 5.92 Å². The molecule has 0 fully saturated rings. The van der Waals surface area contributed by atoms with Crippen LogP contribution in [0.3, 0.4) is 0 Å². The first-order valence-corrected chi connectivity index (χ1v) is 15.5. The summed E-state index contributed by atoms with van der Waals surface area (Å²) < 4.78 is 4.71. The lowest BCUT2D eigenvalue weighted by molar-refractivity contribution is 0.691. The molecule has 0 aliphatic heterocycles. The predicted octanol–water partition coefficient (Wildman–Crippen LogP) is 10.1. The molecule has 0 spiro atoms. The smallest absolute Gasteiger partial charge is 0.117 e. The Labute approximate surface area is 257 Å². The van der Waals surface area contributed by atoms with Crippen LogP contribution in [0.5, 0.6) is 0 Å². The Hall–Kier alpha value is -5.22. The molecule has 4 nitrogen and oxygen atoms in total. The summed E-state index contributed by atoms with van der Waals surface area (Å²) in [5.41, 5.74) is 7.99. The van der Waals surface area contributed by atoms with Crippen LogP contribution in [0.4, 0.5) is 0 Å². The summed E-state index contributed by atoms with van der Waals surface area (Å²) in [4.78, 5) is 10.4. The monoisotopic (exact) mass is 570 g/mol. The molecule has 0 saturated carbocycles. The van der Waals surface area contributed by atoms with Gasteiger partial charge in [-0.2, -0.15) is 0 Å². The molecule has 8 aromatic rings. The van der Waals surface area contributed by atoms with Crippen molar-refractivity contribution in [2.45, 2.75) is 39.0 Å². The summed E-state index contributed by atoms with van der Waals surface area (Å²) in [7, 11) is 0. The largest absolute Gasteiger partial charge is 0.296 e. The quantitative estimate of drug-likeness (QED) is 0.199. The summed E-state index contributed by atoms with van der Waals surface area (Å²) >= 11 is 0. The lowest BCUT2D eigenvalue weighted by Crippen LogP contribution is -2.08. The number of benzene rings is 6. The lowest BCUT2D eigenvalue weighted by Gasteiger charge is -2.17. The number of hydrogen-bond acceptors (Lipinski definition) is 2. The van der Waals surface area contributed by atoms with E-state index in [2.05, 4.69) is 157 Å². The van der Waals surface area contributed by atoms with Gasteiger partial charge in [0.05, 0.1) is 22.1 Å². The second-order valence-electron chi connectivity index (χ2n) is 12.2. The molecule has 0 radical (unpaired) electrons. The van der Waals surface area contributed by atoms with Gasteiger partial charge < -0.3 is 0 Å². The molecule has 0 N–H and O–H groups in total. The summed E-state index contributed by atoms with van der Waals surface area (Å²) in [6.45, 7) is 6.75. The van der Waals surface area contributed by atoms with E-state index in [4.69, 9.17) is 9.97 Å². The molecule has 0 amide bonds. The average Bonchev–Trinajstić information content (AvgIpc) is 3.64. The maximum absolute atomic E-state index is 5.29. The van der Waals surface area contributed by atoms with Gasteiger partial charge in [0.15, 0.2) is 0 Å². The zero-order chi connectivity index (χ0) is 29.8. The van der Waals surface area contributed by atoms with Crippen molar-refractivity contribution in [3.63, 3.8) is 0 Å². The van der Waals surface area contributed by atoms with Crippen LogP contribution < -0.4 is 0 Å². The minimum absolute atomic E-state index is 0.178. The summed E-state index contributed by atoms with van der Waals surface area (Å²) in [6.07, 6.45) is 0.870. The van der Waals surface area contributed by atoms with Crippen LogP contribution in [0, 0.1) is 0 Å². The predicted molar refractivity (Wildman–Crippen MR) is 183 cm³/mol. The highest BCUT2D eigenvalue weighted by Crippen LogP contribution is 2.36. The van der Waals surface area contributed by atoms with E-state index >= 15 is 0 Å². The van der Waals surface area contributed by atoms with Crippen molar-refractivity contribution < 1.29 is 0 Å². The van der Waals surface area contributed by atoms with Gasteiger partial charge in [-0.15, -0.1) is 0 Å². The van der Waals surface area contributed by atoms with E-state index in [0.29, 0.717) is 5.92 Å². The van der Waals surface area contributed by atoms with Crippen LogP contribution in [-0.2, 0) is 6.42 Å². The molecule has 2 aromatic heterocycles. The Morgan fingerprint density at radius 2 is 1.18 bits per heavy atom. The Bertz CT molecular complexity index is 2290. The van der Waals surface area contributed by atoms with Gasteiger partial charge in [0.2, 0.25) is 0 Å². The number of rotatable bonds is 6. The first kappa shape index (κ1) is 26.4. The molecule has 214 valence electrons. The molecule has 0 bridgehead atoms. The zero-order valence-corrected chi connectivity index (χ0v) is 25.3. The van der Waals surface area contributed by atoms with Crippen LogP contribution in [0.25, 0.3) is 55.0 Å². The summed E-state index contributed by atoms with van der Waals surface area (Å²) in [5.74, 6) is 2.64. The molecule has 0 aliphatic carbocycles. The summed E-state index contributed by atoms with van der Waals surface area (Å²) in [6, 6.07) is 45.5. The van der Waals surface area contributed by atoms with E-state index in [1.807, 2.05) is 0 Å². The fourth-order valence-electron chi connectivity index (χ4n) is 6.79. The molecule has 0 saturated heterocycles. The molecule has 0 aliphatic rings. The van der Waals surface area contributed by atoms with Crippen molar-refractivity contribution in [2.24, 2.45) is 0 Å². The molecule has 6 aromatic carbocycles. The van der Waals surface area contributed by atoms with Gasteiger partial charge in [-0.1, -0.05) is 106 Å². The second kappa shape index (κ2) is 10.5. The Morgan fingerprint density at radius 1 is 0.545 bits per heavy atom. The summed E-state index contributed by atoms with van der Waals surface area (Å²) in [5, 5.41) is 4.95. The third-order valence-corrected chi connectivity index (χ3v) is 8.85. The molecule has 1 atom stereocenters. The zero-order valence-electron chi connectivity index (χ0n) is 25.3. The van der Waals surface area contributed by atoms with Crippen molar-refractivity contribution >= 4 is 43.6 Å². The number of para-hydroxylation sites is 2. The lowest BCUT2D eigenvalue weighted by atomic mass is 9.94. The highest BCUT2D eigenvalue weighted by atomic mass is 15.1. The fraction of sp³-hybridized carbons (Fsp3) is 0.150. The molecule has 1 unspecified atom stereocenters. The Balaban J connectivity index is 1.29. The molecular weight excluding hydrogens is 536 g/mol. The van der Waals surface area contributed by atoms with Gasteiger partial charge in [-0.3, -0.25) is 9.13 Å². The van der Waals surface area contributed by atoms with Crippen molar-refractivity contribution in [3.8, 4) is 11.4 Å². The Kier molecular flexibility index (Phi) is 6.30. The van der Waals surface area contributed by atoms with E-state index in [9.17, 15) is 0 Å². The fourth-order valence-corrected chi connectivity index (χ4v) is 6.79. The van der Waals surface area contributed by atoms with Gasteiger partial charge in [-0.25, -0.2) is 9.97 Å². The standard InChI is InChI=1S/C40H34N4/c1-26(2)39-41-35-22-21-33-30(15-12-20-34(33)38(35)44(39)32-18-8-5-9-19-32)23-27(3)40-42-36-24-28-13-10-11-14-29(28)25-37(36)43(40)31-16-6-4-7-17-31/h4-22,24-27H,23H2,1-3H3. The topological polar surface area (TPSA) is 35.6 Å². The van der Waals surface area contributed by atoms with E-state index < -0.39 is 0 Å². The molecular formula is C40H34N4. The van der Waals surface area contributed by atoms with Crippen molar-refractivity contribution in [1.29, 1.82) is 0 Å². The van der Waals surface area contributed by atoms with Gasteiger partial charge in [-0.05, 0) is 70.6 Å². The molecule has 2 heterocycles. The van der Waals surface area contributed by atoms with Crippen LogP contribution in [-0.4, -0.2) is 19.1 Å². The maximum Gasteiger partial charge on any atom is 0.117 e. The van der Waals surface area contributed by atoms with Crippen LogP contribution in [0.1, 0.15) is 49.8 Å². The molecule has 4 heteroatoms. The van der Waals surface area contributed by atoms with Crippen LogP contribution in [0.2, 0.25) is 0 Å². The second-order valence-corrected chi connectivity index (χ2v) is 12.2. The third-order valence-electron chi connectivity index (χ3n) is 8.85. The third kappa shape index (κ3) is 4.29. The van der Waals surface area contributed by atoms with E-state index in [1.54, 1.807) is 0 Å². The minimum atomic E-state index is 0.178. The minimum Gasteiger partial charge on any atom is -0.296 e. The first-order valence-electron chi connectivity index (χ1n) is 15.5. The van der Waals surface area contributed by atoms with Crippen molar-refractivity contribution in [2.75, 3.05) is 0 Å². The van der Waals surface area contributed by atoms with Crippen molar-refractivity contribution in [3.05, 3.63) is 145 Å². The average molecular weight is 571 g/mol. The van der Waals surface area contributed by atoms with Gasteiger partial charge in [0.25, 0.3) is 0 Å². The highest BCUT2D eigenvalue weighted by molar-refractivity contribution is 6.06. The van der Waals surface area contributed by atoms with Gasteiger partial charge in [0, 0.05) is 28.6 Å². The highest BCUT2D eigenvalue weighted by Gasteiger charge is 2.22. The molecule has 8 rings (SSSR count). The number of fused-ring (bicyclic) bond motifs is 5. The normalized spacial score (nSPS) is 12.6. The maximum atomic E-state index is 5.29. The van der Waals surface area contributed by atoms with E-state index in [1.165, 1.54) is 32.6 Å². The number of imidazole rings is 2. The SMILES string of the molecule is CC(C)c1nc2ccc3c(CC(C)c4nc5cc6ccccc6cc5n4-c4ccccc4)cccc3c2n1-c1ccccc1. The number of hydrogen-bond donors (Lipinski definition) is 0. The van der Waals surface area contributed by atoms with Gasteiger partial charge in [0.1, 0.15) is 11.6 Å². The molecule has 44 heavy (non-hydrogen) atoms. The first-order chi connectivity index (χ1) is 21.6.